The van der Waals surface area contributed by atoms with E-state index in [4.69, 9.17) is 0 Å². The first-order chi connectivity index (χ1) is 7.77. The number of rotatable bonds is 3. The fraction of sp³-hybridized carbons (Fsp3) is 0.167. The second-order valence-corrected chi connectivity index (χ2v) is 4.40. The number of hydrogen-bond acceptors (Lipinski definition) is 3. The summed E-state index contributed by atoms with van der Waals surface area (Å²) >= 11 is 1.63. The molecule has 1 atom stereocenters. The molecule has 1 unspecified atom stereocenters. The number of carbonyl (C=O) groups is 1. The Balaban J connectivity index is 2.03. The monoisotopic (exact) mass is 232 g/mol. The quantitative estimate of drug-likeness (QED) is 0.884. The molecule has 1 amide bonds. The number of amides is 1. The van der Waals surface area contributed by atoms with Crippen molar-refractivity contribution in [2.45, 2.75) is 13.0 Å². The molecule has 82 valence electrons. The highest BCUT2D eigenvalue weighted by atomic mass is 32.1. The molecule has 1 N–H and O–H groups in total. The van der Waals surface area contributed by atoms with Gasteiger partial charge in [0, 0.05) is 11.1 Å². The Labute approximate surface area is 98.2 Å². The fourth-order valence-corrected chi connectivity index (χ4v) is 2.11. The van der Waals surface area contributed by atoms with Gasteiger partial charge in [-0.2, -0.15) is 0 Å². The SMILES string of the molecule is CC(NC(=O)c1ccccn1)c1cccs1. The number of thiophene rings is 1. The normalized spacial score (nSPS) is 12.1. The zero-order valence-electron chi connectivity index (χ0n) is 8.88. The van der Waals surface area contributed by atoms with E-state index in [1.807, 2.05) is 24.4 Å². The predicted octanol–water partition coefficient (Wildman–Crippen LogP) is 2.63. The van der Waals surface area contributed by atoms with Crippen molar-refractivity contribution in [3.63, 3.8) is 0 Å². The lowest BCUT2D eigenvalue weighted by Crippen LogP contribution is -2.26. The zero-order valence-corrected chi connectivity index (χ0v) is 9.70. The van der Waals surface area contributed by atoms with Crippen molar-refractivity contribution in [1.82, 2.24) is 10.3 Å². The summed E-state index contributed by atoms with van der Waals surface area (Å²) in [5, 5.41) is 4.91. The number of aromatic nitrogens is 1. The van der Waals surface area contributed by atoms with Crippen LogP contribution in [-0.2, 0) is 0 Å². The maximum Gasteiger partial charge on any atom is 0.270 e. The Morgan fingerprint density at radius 3 is 2.88 bits per heavy atom. The first kappa shape index (κ1) is 10.8. The van der Waals surface area contributed by atoms with Crippen molar-refractivity contribution in [3.05, 3.63) is 52.5 Å². The number of nitrogens with zero attached hydrogens (tertiary/aromatic N) is 1. The standard InChI is InChI=1S/C12H12N2OS/c1-9(11-6-4-8-16-11)14-12(15)10-5-2-3-7-13-10/h2-9H,1H3,(H,14,15). The van der Waals surface area contributed by atoms with E-state index in [2.05, 4.69) is 10.3 Å². The van der Waals surface area contributed by atoms with Crippen LogP contribution in [0.15, 0.2) is 41.9 Å². The van der Waals surface area contributed by atoms with Gasteiger partial charge < -0.3 is 5.32 Å². The Morgan fingerprint density at radius 2 is 2.25 bits per heavy atom. The van der Waals surface area contributed by atoms with Gasteiger partial charge in [0.15, 0.2) is 0 Å². The van der Waals surface area contributed by atoms with Gasteiger partial charge in [-0.3, -0.25) is 9.78 Å². The average Bonchev–Trinajstić information content (AvgIpc) is 2.83. The molecule has 2 aromatic rings. The van der Waals surface area contributed by atoms with Crippen LogP contribution < -0.4 is 5.32 Å². The zero-order chi connectivity index (χ0) is 11.4. The first-order valence-corrected chi connectivity index (χ1v) is 5.90. The highest BCUT2D eigenvalue weighted by molar-refractivity contribution is 7.10. The van der Waals surface area contributed by atoms with E-state index in [0.29, 0.717) is 5.69 Å². The van der Waals surface area contributed by atoms with E-state index in [-0.39, 0.29) is 11.9 Å². The lowest BCUT2D eigenvalue weighted by atomic mass is 10.2. The van der Waals surface area contributed by atoms with E-state index in [1.165, 1.54) is 0 Å². The highest BCUT2D eigenvalue weighted by Crippen LogP contribution is 2.18. The van der Waals surface area contributed by atoms with E-state index in [1.54, 1.807) is 35.7 Å². The van der Waals surface area contributed by atoms with E-state index in [9.17, 15) is 4.79 Å². The third-order valence-electron chi connectivity index (χ3n) is 2.22. The molecule has 0 saturated heterocycles. The molecule has 4 heteroatoms. The van der Waals surface area contributed by atoms with Crippen LogP contribution in [0, 0.1) is 0 Å². The Bertz CT molecular complexity index is 453. The van der Waals surface area contributed by atoms with Crippen LogP contribution in [0.3, 0.4) is 0 Å². The van der Waals surface area contributed by atoms with Gasteiger partial charge in [-0.15, -0.1) is 11.3 Å². The average molecular weight is 232 g/mol. The van der Waals surface area contributed by atoms with Crippen LogP contribution in [0.25, 0.3) is 0 Å². The van der Waals surface area contributed by atoms with Crippen LogP contribution in [0.2, 0.25) is 0 Å². The third-order valence-corrected chi connectivity index (χ3v) is 3.27. The Kier molecular flexibility index (Phi) is 3.31. The smallest absolute Gasteiger partial charge is 0.270 e. The van der Waals surface area contributed by atoms with Gasteiger partial charge in [-0.25, -0.2) is 0 Å². The predicted molar refractivity (Wildman–Crippen MR) is 64.4 cm³/mol. The van der Waals surface area contributed by atoms with Gasteiger partial charge in [-0.1, -0.05) is 12.1 Å². The molecule has 2 aromatic heterocycles. The number of hydrogen-bond donors (Lipinski definition) is 1. The van der Waals surface area contributed by atoms with Gasteiger partial charge in [0.05, 0.1) is 6.04 Å². The second kappa shape index (κ2) is 4.90. The Hall–Kier alpha value is -1.68. The summed E-state index contributed by atoms with van der Waals surface area (Å²) in [6.07, 6.45) is 1.62. The van der Waals surface area contributed by atoms with Crippen molar-refractivity contribution in [2.75, 3.05) is 0 Å². The summed E-state index contributed by atoms with van der Waals surface area (Å²) in [7, 11) is 0. The number of carbonyl (C=O) groups excluding carboxylic acids is 1. The summed E-state index contributed by atoms with van der Waals surface area (Å²) < 4.78 is 0. The molecule has 2 heterocycles. The van der Waals surface area contributed by atoms with Crippen LogP contribution in [-0.4, -0.2) is 10.9 Å². The lowest BCUT2D eigenvalue weighted by molar-refractivity contribution is 0.0935. The minimum atomic E-state index is -0.137. The minimum absolute atomic E-state index is 0.0227. The summed E-state index contributed by atoms with van der Waals surface area (Å²) in [6.45, 7) is 1.96. The molecule has 2 rings (SSSR count). The van der Waals surface area contributed by atoms with Crippen molar-refractivity contribution >= 4 is 17.2 Å². The van der Waals surface area contributed by atoms with Crippen molar-refractivity contribution < 1.29 is 4.79 Å². The number of nitrogens with one attached hydrogen (secondary N) is 1. The molecular weight excluding hydrogens is 220 g/mol. The molecule has 0 fully saturated rings. The molecule has 0 bridgehead atoms. The minimum Gasteiger partial charge on any atom is -0.343 e. The summed E-state index contributed by atoms with van der Waals surface area (Å²) in [5.41, 5.74) is 0.450. The topological polar surface area (TPSA) is 42.0 Å². The maximum atomic E-state index is 11.8. The first-order valence-electron chi connectivity index (χ1n) is 5.02. The second-order valence-electron chi connectivity index (χ2n) is 3.43. The van der Waals surface area contributed by atoms with Crippen molar-refractivity contribution in [2.24, 2.45) is 0 Å². The van der Waals surface area contributed by atoms with Crippen LogP contribution in [0.1, 0.15) is 28.3 Å². The van der Waals surface area contributed by atoms with E-state index < -0.39 is 0 Å². The molecule has 16 heavy (non-hydrogen) atoms. The number of pyridine rings is 1. The summed E-state index contributed by atoms with van der Waals surface area (Å²) in [5.74, 6) is -0.137. The largest absolute Gasteiger partial charge is 0.343 e. The van der Waals surface area contributed by atoms with Crippen molar-refractivity contribution in [3.8, 4) is 0 Å². The van der Waals surface area contributed by atoms with Gasteiger partial charge >= 0.3 is 0 Å². The molecule has 0 aliphatic heterocycles. The molecule has 0 aliphatic carbocycles. The van der Waals surface area contributed by atoms with Gasteiger partial charge in [0.2, 0.25) is 0 Å². The lowest BCUT2D eigenvalue weighted by Gasteiger charge is -2.11. The van der Waals surface area contributed by atoms with Crippen LogP contribution >= 0.6 is 11.3 Å². The van der Waals surface area contributed by atoms with E-state index in [0.717, 1.165) is 4.88 Å². The van der Waals surface area contributed by atoms with E-state index >= 15 is 0 Å². The molecular formula is C12H12N2OS. The summed E-state index contributed by atoms with van der Waals surface area (Å²) in [6, 6.07) is 9.31. The highest BCUT2D eigenvalue weighted by Gasteiger charge is 2.12. The molecule has 0 radical (unpaired) electrons. The van der Waals surface area contributed by atoms with Crippen LogP contribution in [0.4, 0.5) is 0 Å². The van der Waals surface area contributed by atoms with Crippen LogP contribution in [0.5, 0.6) is 0 Å². The van der Waals surface area contributed by atoms with Gasteiger partial charge in [0.1, 0.15) is 5.69 Å². The molecule has 0 aromatic carbocycles. The molecule has 0 saturated carbocycles. The van der Waals surface area contributed by atoms with Gasteiger partial charge in [-0.05, 0) is 30.5 Å². The molecule has 3 nitrogen and oxygen atoms in total. The summed E-state index contributed by atoms with van der Waals surface area (Å²) in [4.78, 5) is 16.9. The fourth-order valence-electron chi connectivity index (χ4n) is 1.38. The Morgan fingerprint density at radius 1 is 1.38 bits per heavy atom. The van der Waals surface area contributed by atoms with Gasteiger partial charge in [0.25, 0.3) is 5.91 Å². The molecule has 0 spiro atoms. The maximum absolute atomic E-state index is 11.8. The molecule has 0 aliphatic rings. The third kappa shape index (κ3) is 2.46. The van der Waals surface area contributed by atoms with Crippen molar-refractivity contribution in [1.29, 1.82) is 0 Å².